The Hall–Kier alpha value is -1.09. The van der Waals surface area contributed by atoms with Gasteiger partial charge >= 0.3 is 0 Å². The molecule has 0 bridgehead atoms. The third-order valence-electron chi connectivity index (χ3n) is 1.55. The summed E-state index contributed by atoms with van der Waals surface area (Å²) in [4.78, 5) is 0. The average Bonchev–Trinajstić information content (AvgIpc) is 2.04. The lowest BCUT2D eigenvalue weighted by molar-refractivity contribution is -0.387. The van der Waals surface area contributed by atoms with Crippen molar-refractivity contribution in [3.05, 3.63) is 29.6 Å². The Morgan fingerprint density at radius 2 is 2.27 bits per heavy atom. The van der Waals surface area contributed by atoms with Gasteiger partial charge in [0.15, 0.2) is 0 Å². The number of hydrogen-bond donors (Lipinski definition) is 1. The van der Waals surface area contributed by atoms with Crippen LogP contribution in [0.1, 0.15) is 5.56 Å². The molecule has 0 amide bonds. The lowest BCUT2D eigenvalue weighted by atomic mass is 10.2. The van der Waals surface area contributed by atoms with Crippen LogP contribution in [0.25, 0.3) is 0 Å². The first-order chi connectivity index (χ1) is 5.29. The first-order valence-electron chi connectivity index (χ1n) is 3.40. The van der Waals surface area contributed by atoms with Crippen molar-refractivity contribution < 1.29 is 14.9 Å². The molecule has 60 valence electrons. The van der Waals surface area contributed by atoms with Crippen LogP contribution in [0.3, 0.4) is 0 Å². The van der Waals surface area contributed by atoms with Crippen molar-refractivity contribution in [1.82, 2.24) is 0 Å². The van der Waals surface area contributed by atoms with Crippen molar-refractivity contribution in [3.63, 3.8) is 0 Å². The van der Waals surface area contributed by atoms with E-state index < -0.39 is 0 Å². The second kappa shape index (κ2) is 3.34. The van der Waals surface area contributed by atoms with Crippen molar-refractivity contribution in [3.8, 4) is 5.75 Å². The van der Waals surface area contributed by atoms with Gasteiger partial charge < -0.3 is 10.5 Å². The first-order valence-corrected chi connectivity index (χ1v) is 3.40. The molecular formula is C8H11FNO+. The van der Waals surface area contributed by atoms with Crippen molar-refractivity contribution in [1.29, 1.82) is 0 Å². The SMILES string of the molecule is COc1cccc(F)c1C[NH3+]. The lowest BCUT2D eigenvalue weighted by Crippen LogP contribution is -2.47. The highest BCUT2D eigenvalue weighted by Gasteiger charge is 2.07. The highest BCUT2D eigenvalue weighted by molar-refractivity contribution is 5.33. The van der Waals surface area contributed by atoms with Crippen molar-refractivity contribution >= 4 is 0 Å². The molecule has 0 aliphatic rings. The Morgan fingerprint density at radius 1 is 1.55 bits per heavy atom. The van der Waals surface area contributed by atoms with Crippen LogP contribution in [0.2, 0.25) is 0 Å². The fourth-order valence-corrected chi connectivity index (χ4v) is 0.973. The second-order valence-corrected chi connectivity index (χ2v) is 2.17. The zero-order valence-corrected chi connectivity index (χ0v) is 6.43. The maximum atomic E-state index is 12.9. The van der Waals surface area contributed by atoms with E-state index in [4.69, 9.17) is 4.74 Å². The van der Waals surface area contributed by atoms with Crippen LogP contribution in [0.15, 0.2) is 18.2 Å². The summed E-state index contributed by atoms with van der Waals surface area (Å²) < 4.78 is 17.9. The number of benzene rings is 1. The Kier molecular flexibility index (Phi) is 2.44. The molecule has 2 nitrogen and oxygen atoms in total. The van der Waals surface area contributed by atoms with E-state index in [9.17, 15) is 4.39 Å². The van der Waals surface area contributed by atoms with Crippen LogP contribution in [0.5, 0.6) is 5.75 Å². The molecule has 0 saturated carbocycles. The van der Waals surface area contributed by atoms with Gasteiger partial charge in [0.25, 0.3) is 0 Å². The zero-order chi connectivity index (χ0) is 8.27. The topological polar surface area (TPSA) is 36.9 Å². The zero-order valence-electron chi connectivity index (χ0n) is 6.43. The molecule has 11 heavy (non-hydrogen) atoms. The minimum absolute atomic E-state index is 0.251. The van der Waals surface area contributed by atoms with Gasteiger partial charge in [-0.25, -0.2) is 4.39 Å². The summed E-state index contributed by atoms with van der Waals surface area (Å²) in [5, 5.41) is 0. The number of halogens is 1. The molecule has 0 unspecified atom stereocenters. The molecule has 0 atom stereocenters. The van der Waals surface area contributed by atoms with Gasteiger partial charge in [-0.2, -0.15) is 0 Å². The molecule has 3 N–H and O–H groups in total. The van der Waals surface area contributed by atoms with E-state index in [1.165, 1.54) is 13.2 Å². The van der Waals surface area contributed by atoms with E-state index in [1.807, 2.05) is 0 Å². The fourth-order valence-electron chi connectivity index (χ4n) is 0.973. The summed E-state index contributed by atoms with van der Waals surface area (Å²) in [6.45, 7) is 0.413. The second-order valence-electron chi connectivity index (χ2n) is 2.17. The fraction of sp³-hybridized carbons (Fsp3) is 0.250. The maximum absolute atomic E-state index is 12.9. The van der Waals surface area contributed by atoms with Crippen molar-refractivity contribution in [2.45, 2.75) is 6.54 Å². The van der Waals surface area contributed by atoms with Crippen LogP contribution in [0.4, 0.5) is 4.39 Å². The van der Waals surface area contributed by atoms with E-state index in [2.05, 4.69) is 5.73 Å². The van der Waals surface area contributed by atoms with Crippen LogP contribution in [-0.2, 0) is 6.54 Å². The van der Waals surface area contributed by atoms with Gasteiger partial charge in [-0.05, 0) is 12.1 Å². The summed E-state index contributed by atoms with van der Waals surface area (Å²) >= 11 is 0. The summed E-state index contributed by atoms with van der Waals surface area (Å²) in [6, 6.07) is 4.75. The monoisotopic (exact) mass is 156 g/mol. The molecule has 0 radical (unpaired) electrons. The Balaban J connectivity index is 3.13. The molecule has 1 aromatic carbocycles. The smallest absolute Gasteiger partial charge is 0.135 e. The van der Waals surface area contributed by atoms with Crippen molar-refractivity contribution in [2.75, 3.05) is 7.11 Å². The summed E-state index contributed by atoms with van der Waals surface area (Å²) in [5.41, 5.74) is 4.14. The molecule has 0 saturated heterocycles. The number of methoxy groups -OCH3 is 1. The van der Waals surface area contributed by atoms with E-state index in [0.717, 1.165) is 0 Å². The van der Waals surface area contributed by atoms with Gasteiger partial charge in [0.1, 0.15) is 18.1 Å². The molecular weight excluding hydrogens is 145 g/mol. The number of quaternary nitrogens is 1. The number of hydrogen-bond acceptors (Lipinski definition) is 1. The van der Waals surface area contributed by atoms with E-state index >= 15 is 0 Å². The Bertz CT molecular complexity index is 250. The highest BCUT2D eigenvalue weighted by Crippen LogP contribution is 2.19. The Morgan fingerprint density at radius 3 is 2.73 bits per heavy atom. The van der Waals surface area contributed by atoms with Gasteiger partial charge in [-0.15, -0.1) is 0 Å². The molecule has 0 aliphatic heterocycles. The molecule has 0 aromatic heterocycles. The molecule has 1 aromatic rings. The van der Waals surface area contributed by atoms with E-state index in [0.29, 0.717) is 17.9 Å². The predicted molar refractivity (Wildman–Crippen MR) is 39.5 cm³/mol. The molecule has 0 heterocycles. The van der Waals surface area contributed by atoms with Gasteiger partial charge in [0.05, 0.1) is 12.7 Å². The van der Waals surface area contributed by atoms with Gasteiger partial charge in [-0.3, -0.25) is 0 Å². The van der Waals surface area contributed by atoms with E-state index in [-0.39, 0.29) is 5.82 Å². The normalized spacial score (nSPS) is 9.73. The van der Waals surface area contributed by atoms with Crippen molar-refractivity contribution in [2.24, 2.45) is 0 Å². The summed E-state index contributed by atoms with van der Waals surface area (Å²) in [6.07, 6.45) is 0. The molecule has 3 heteroatoms. The van der Waals surface area contributed by atoms with Crippen LogP contribution in [-0.4, -0.2) is 7.11 Å². The summed E-state index contributed by atoms with van der Waals surface area (Å²) in [7, 11) is 1.52. The van der Waals surface area contributed by atoms with Gasteiger partial charge in [0.2, 0.25) is 0 Å². The standard InChI is InChI=1S/C8H10FNO/c1-11-8-4-2-3-7(9)6(8)5-10/h2-4H,5,10H2,1H3/p+1. The quantitative estimate of drug-likeness (QED) is 0.668. The molecule has 0 spiro atoms. The molecule has 1 rings (SSSR count). The van der Waals surface area contributed by atoms with Gasteiger partial charge in [0, 0.05) is 0 Å². The molecule has 0 fully saturated rings. The predicted octanol–water partition coefficient (Wildman–Crippen LogP) is 0.576. The summed E-state index contributed by atoms with van der Waals surface area (Å²) in [5.74, 6) is 0.319. The van der Waals surface area contributed by atoms with Crippen LogP contribution < -0.4 is 10.5 Å². The number of rotatable bonds is 2. The minimum atomic E-state index is -0.251. The Labute approximate surface area is 64.8 Å². The highest BCUT2D eigenvalue weighted by atomic mass is 19.1. The minimum Gasteiger partial charge on any atom is -0.496 e. The molecule has 0 aliphatic carbocycles. The largest absolute Gasteiger partial charge is 0.496 e. The van der Waals surface area contributed by atoms with Crippen LogP contribution >= 0.6 is 0 Å². The first kappa shape index (κ1) is 8.01. The maximum Gasteiger partial charge on any atom is 0.135 e. The lowest BCUT2D eigenvalue weighted by Gasteiger charge is -2.04. The van der Waals surface area contributed by atoms with E-state index in [1.54, 1.807) is 12.1 Å². The van der Waals surface area contributed by atoms with Gasteiger partial charge in [-0.1, -0.05) is 6.07 Å². The number of ether oxygens (including phenoxy) is 1. The third-order valence-corrected chi connectivity index (χ3v) is 1.55. The average molecular weight is 156 g/mol. The third kappa shape index (κ3) is 1.49. The van der Waals surface area contributed by atoms with Crippen LogP contribution in [0, 0.1) is 5.82 Å².